The average molecular weight is 293 g/mol. The molecule has 0 bridgehead atoms. The summed E-state index contributed by atoms with van der Waals surface area (Å²) in [6.07, 6.45) is 5.41. The summed E-state index contributed by atoms with van der Waals surface area (Å²) in [4.78, 5) is 7.64. The molecule has 6 heteroatoms. The van der Waals surface area contributed by atoms with Crippen molar-refractivity contribution in [3.05, 3.63) is 48.0 Å². The first kappa shape index (κ1) is 14.7. The summed E-state index contributed by atoms with van der Waals surface area (Å²) < 4.78 is 23.3. The van der Waals surface area contributed by atoms with E-state index < -0.39 is 9.84 Å². The van der Waals surface area contributed by atoms with Crippen LogP contribution in [0.5, 0.6) is 0 Å². The Balaban J connectivity index is 2.29. The molecule has 0 spiro atoms. The average Bonchev–Trinajstić information content (AvgIpc) is 2.90. The number of nitrogens with one attached hydrogen (secondary N) is 2. The molecule has 0 saturated carbocycles. The minimum Gasteiger partial charge on any atom is -0.349 e. The van der Waals surface area contributed by atoms with Gasteiger partial charge in [-0.15, -0.1) is 0 Å². The first-order chi connectivity index (χ1) is 9.50. The molecule has 2 rings (SSSR count). The van der Waals surface area contributed by atoms with E-state index in [1.54, 1.807) is 30.6 Å². The van der Waals surface area contributed by atoms with Crippen LogP contribution in [0.2, 0.25) is 0 Å². The zero-order chi connectivity index (χ0) is 14.6. The van der Waals surface area contributed by atoms with Gasteiger partial charge in [0.05, 0.1) is 4.90 Å². The third kappa shape index (κ3) is 3.68. The van der Waals surface area contributed by atoms with Crippen LogP contribution in [0.1, 0.15) is 24.4 Å². The normalized spacial score (nSPS) is 13.3. The third-order valence-electron chi connectivity index (χ3n) is 3.09. The van der Waals surface area contributed by atoms with Gasteiger partial charge in [-0.25, -0.2) is 13.4 Å². The van der Waals surface area contributed by atoms with Crippen LogP contribution in [0.3, 0.4) is 0 Å². The Kier molecular flexibility index (Phi) is 4.57. The Hall–Kier alpha value is -1.66. The number of H-pyrrole nitrogens is 1. The van der Waals surface area contributed by atoms with Crippen LogP contribution in [0.4, 0.5) is 0 Å². The molecule has 5 nitrogen and oxygen atoms in total. The molecule has 0 aliphatic rings. The molecule has 0 aliphatic carbocycles. The fraction of sp³-hybridized carbons (Fsp3) is 0.357. The molecule has 0 radical (unpaired) electrons. The minimum atomic E-state index is -3.19. The summed E-state index contributed by atoms with van der Waals surface area (Å²) in [5.41, 5.74) is 0.950. The van der Waals surface area contributed by atoms with Crippen molar-refractivity contribution in [1.82, 2.24) is 15.3 Å². The Morgan fingerprint density at radius 1 is 1.40 bits per heavy atom. The predicted molar refractivity (Wildman–Crippen MR) is 78.3 cm³/mol. The molecule has 2 aromatic rings. The van der Waals surface area contributed by atoms with Gasteiger partial charge in [-0.05, 0) is 24.2 Å². The van der Waals surface area contributed by atoms with Gasteiger partial charge in [0.1, 0.15) is 5.82 Å². The van der Waals surface area contributed by atoms with Crippen molar-refractivity contribution in [1.29, 1.82) is 0 Å². The predicted octanol–water partition coefficient (Wildman–Crippen LogP) is 1.71. The van der Waals surface area contributed by atoms with Crippen molar-refractivity contribution in [2.75, 3.05) is 12.8 Å². The van der Waals surface area contributed by atoms with Gasteiger partial charge < -0.3 is 10.3 Å². The van der Waals surface area contributed by atoms with Crippen molar-refractivity contribution < 1.29 is 8.42 Å². The van der Waals surface area contributed by atoms with Gasteiger partial charge in [0.25, 0.3) is 0 Å². The summed E-state index contributed by atoms with van der Waals surface area (Å²) in [5.74, 6) is 0.876. The van der Waals surface area contributed by atoms with Crippen LogP contribution >= 0.6 is 0 Å². The number of likely N-dealkylation sites (N-methyl/N-ethyl adjacent to an activating group) is 1. The van der Waals surface area contributed by atoms with Crippen molar-refractivity contribution in [3.8, 4) is 0 Å². The number of hydrogen-bond donors (Lipinski definition) is 2. The highest BCUT2D eigenvalue weighted by Crippen LogP contribution is 2.20. The highest BCUT2D eigenvalue weighted by atomic mass is 32.2. The second-order valence-electron chi connectivity index (χ2n) is 4.69. The molecule has 1 aromatic heterocycles. The molecule has 0 saturated heterocycles. The number of imidazole rings is 1. The molecule has 0 fully saturated rings. The van der Waals surface area contributed by atoms with E-state index in [-0.39, 0.29) is 6.04 Å². The van der Waals surface area contributed by atoms with Gasteiger partial charge in [-0.2, -0.15) is 0 Å². The second kappa shape index (κ2) is 6.19. The molecule has 1 unspecified atom stereocenters. The summed E-state index contributed by atoms with van der Waals surface area (Å²) in [7, 11) is -3.19. The van der Waals surface area contributed by atoms with Crippen LogP contribution in [0, 0.1) is 0 Å². The number of nitrogens with zero attached hydrogens (tertiary/aromatic N) is 1. The number of aromatic nitrogens is 2. The van der Waals surface area contributed by atoms with E-state index in [9.17, 15) is 8.42 Å². The van der Waals surface area contributed by atoms with Gasteiger partial charge in [0, 0.05) is 31.1 Å². The van der Waals surface area contributed by atoms with Crippen molar-refractivity contribution in [3.63, 3.8) is 0 Å². The molecule has 1 aromatic carbocycles. The Labute approximate surface area is 119 Å². The zero-order valence-corrected chi connectivity index (χ0v) is 12.4. The lowest BCUT2D eigenvalue weighted by Gasteiger charge is -2.18. The van der Waals surface area contributed by atoms with Gasteiger partial charge >= 0.3 is 0 Å². The number of benzene rings is 1. The maximum absolute atomic E-state index is 11.6. The summed E-state index contributed by atoms with van der Waals surface area (Å²) >= 11 is 0. The van der Waals surface area contributed by atoms with Crippen LogP contribution < -0.4 is 5.32 Å². The third-order valence-corrected chi connectivity index (χ3v) is 4.20. The lowest BCUT2D eigenvalue weighted by atomic mass is 10.0. The number of aromatic amines is 1. The highest BCUT2D eigenvalue weighted by Gasteiger charge is 2.15. The Bertz CT molecular complexity index is 651. The lowest BCUT2D eigenvalue weighted by molar-refractivity contribution is 0.538. The smallest absolute Gasteiger partial charge is 0.175 e. The van der Waals surface area contributed by atoms with E-state index in [2.05, 4.69) is 15.3 Å². The van der Waals surface area contributed by atoms with Gasteiger partial charge in [0.15, 0.2) is 9.84 Å². The zero-order valence-electron chi connectivity index (χ0n) is 11.6. The fourth-order valence-corrected chi connectivity index (χ4v) is 2.80. The van der Waals surface area contributed by atoms with E-state index in [0.29, 0.717) is 11.3 Å². The van der Waals surface area contributed by atoms with E-state index in [1.165, 1.54) is 6.26 Å². The highest BCUT2D eigenvalue weighted by molar-refractivity contribution is 7.90. The molecule has 2 N–H and O–H groups in total. The van der Waals surface area contributed by atoms with Gasteiger partial charge in [-0.1, -0.05) is 19.1 Å². The molecular formula is C14H19N3O2S. The molecule has 0 aliphatic heterocycles. The van der Waals surface area contributed by atoms with E-state index in [1.807, 2.05) is 13.0 Å². The maximum Gasteiger partial charge on any atom is 0.175 e. The van der Waals surface area contributed by atoms with Crippen LogP contribution in [-0.4, -0.2) is 31.2 Å². The molecule has 1 atom stereocenters. The van der Waals surface area contributed by atoms with Crippen LogP contribution in [0.25, 0.3) is 0 Å². The molecule has 0 amide bonds. The summed E-state index contributed by atoms with van der Waals surface area (Å²) in [6.45, 7) is 2.82. The lowest BCUT2D eigenvalue weighted by Crippen LogP contribution is -2.23. The second-order valence-corrected chi connectivity index (χ2v) is 6.71. The Morgan fingerprint density at radius 2 is 2.20 bits per heavy atom. The number of rotatable bonds is 6. The first-order valence-electron chi connectivity index (χ1n) is 6.52. The quantitative estimate of drug-likeness (QED) is 0.850. The number of sulfone groups is 1. The molecule has 108 valence electrons. The first-order valence-corrected chi connectivity index (χ1v) is 8.41. The maximum atomic E-state index is 11.6. The van der Waals surface area contributed by atoms with E-state index in [4.69, 9.17) is 0 Å². The van der Waals surface area contributed by atoms with Gasteiger partial charge in [-0.3, -0.25) is 0 Å². The molecule has 20 heavy (non-hydrogen) atoms. The minimum absolute atomic E-state index is 0.0350. The van der Waals surface area contributed by atoms with Crippen LogP contribution in [0.15, 0.2) is 41.6 Å². The molecule has 1 heterocycles. The fourth-order valence-electron chi connectivity index (χ4n) is 2.12. The topological polar surface area (TPSA) is 74.8 Å². The van der Waals surface area contributed by atoms with Crippen molar-refractivity contribution in [2.24, 2.45) is 0 Å². The standard InChI is InChI=1S/C14H19N3O2S/c1-3-15-13(10-14-16-7-8-17-14)11-5-4-6-12(9-11)20(2,18)19/h4-9,13,15H,3,10H2,1-2H3,(H,16,17). The largest absolute Gasteiger partial charge is 0.349 e. The van der Waals surface area contributed by atoms with Crippen molar-refractivity contribution >= 4 is 9.84 Å². The van der Waals surface area contributed by atoms with Gasteiger partial charge in [0.2, 0.25) is 0 Å². The van der Waals surface area contributed by atoms with Crippen molar-refractivity contribution in [2.45, 2.75) is 24.3 Å². The number of hydrogen-bond acceptors (Lipinski definition) is 4. The summed E-state index contributed by atoms with van der Waals surface area (Å²) in [6, 6.07) is 7.09. The summed E-state index contributed by atoms with van der Waals surface area (Å²) in [5, 5.41) is 3.36. The van der Waals surface area contributed by atoms with Crippen LogP contribution in [-0.2, 0) is 16.3 Å². The monoisotopic (exact) mass is 293 g/mol. The van der Waals surface area contributed by atoms with E-state index in [0.717, 1.165) is 17.9 Å². The Morgan fingerprint density at radius 3 is 2.80 bits per heavy atom. The SMILES string of the molecule is CCNC(Cc1ncc[nH]1)c1cccc(S(C)(=O)=O)c1. The van der Waals surface area contributed by atoms with E-state index >= 15 is 0 Å². The molecular weight excluding hydrogens is 274 g/mol.